The van der Waals surface area contributed by atoms with E-state index in [4.69, 9.17) is 42.5 Å². The van der Waals surface area contributed by atoms with Crippen LogP contribution in [0.25, 0.3) is 0 Å². The summed E-state index contributed by atoms with van der Waals surface area (Å²) in [4.78, 5) is 30.5. The molecule has 212 valence electrons. The second kappa shape index (κ2) is 14.0. The monoisotopic (exact) mass is 579 g/mol. The van der Waals surface area contributed by atoms with E-state index in [-0.39, 0.29) is 26.1 Å². The summed E-state index contributed by atoms with van der Waals surface area (Å²) < 4.78 is 16.9. The van der Waals surface area contributed by atoms with Crippen LogP contribution in [0.15, 0.2) is 47.5 Å². The maximum atomic E-state index is 13.4. The van der Waals surface area contributed by atoms with E-state index in [0.717, 1.165) is 5.56 Å². The van der Waals surface area contributed by atoms with Crippen LogP contribution in [-0.4, -0.2) is 60.4 Å². The summed E-state index contributed by atoms with van der Waals surface area (Å²) in [6, 6.07) is 12.4. The summed E-state index contributed by atoms with van der Waals surface area (Å²) in [5.41, 5.74) is 5.22. The fraction of sp³-hybridized carbons (Fsp3) is 0.464. The Hall–Kier alpha value is -2.85. The minimum absolute atomic E-state index is 0.0111. The molecule has 0 radical (unpaired) electrons. The van der Waals surface area contributed by atoms with E-state index >= 15 is 0 Å². The van der Waals surface area contributed by atoms with Crippen LogP contribution in [0.2, 0.25) is 10.0 Å². The largest absolute Gasteiger partial charge is 0.494 e. The van der Waals surface area contributed by atoms with Crippen molar-refractivity contribution in [3.8, 4) is 5.75 Å². The molecule has 1 aliphatic heterocycles. The van der Waals surface area contributed by atoms with Gasteiger partial charge in [-0.05, 0) is 75.6 Å². The third-order valence-electron chi connectivity index (χ3n) is 5.76. The fourth-order valence-corrected chi connectivity index (χ4v) is 4.29. The minimum atomic E-state index is -1.33. The number of benzene rings is 2. The molecule has 11 heteroatoms. The number of amides is 1. The number of hydrogen-bond acceptors (Lipinski definition) is 8. The molecule has 1 aliphatic rings. The number of ether oxygens (including phenoxy) is 3. The Balaban J connectivity index is 1.69. The topological polar surface area (TPSA) is 118 Å². The zero-order chi connectivity index (χ0) is 28.5. The SMILES string of the molecule is CC(C)(C)OC(=O)CC[C@@]1(C(=O)NNCCc2ccc(Cl)cc2Cl)COC(c2ccc(OCCCO)cc2)=N1. The number of hydrogen-bond donors (Lipinski definition) is 3. The molecule has 0 fully saturated rings. The number of aliphatic hydroxyl groups is 1. The normalized spacial score (nSPS) is 16.8. The molecular weight excluding hydrogens is 545 g/mol. The van der Waals surface area contributed by atoms with Crippen molar-refractivity contribution in [3.05, 3.63) is 63.6 Å². The van der Waals surface area contributed by atoms with Gasteiger partial charge in [-0.1, -0.05) is 29.3 Å². The Labute approximate surface area is 238 Å². The van der Waals surface area contributed by atoms with Crippen molar-refractivity contribution in [1.29, 1.82) is 0 Å². The predicted molar refractivity (Wildman–Crippen MR) is 150 cm³/mol. The van der Waals surface area contributed by atoms with Gasteiger partial charge in [0.15, 0.2) is 5.54 Å². The second-order valence-electron chi connectivity index (χ2n) is 10.1. The lowest BCUT2D eigenvalue weighted by Gasteiger charge is -2.24. The number of hydrazine groups is 1. The smallest absolute Gasteiger partial charge is 0.306 e. The summed E-state index contributed by atoms with van der Waals surface area (Å²) >= 11 is 12.2. The molecule has 0 bridgehead atoms. The fourth-order valence-electron chi connectivity index (χ4n) is 3.78. The lowest BCUT2D eigenvalue weighted by molar-refractivity contribution is -0.155. The lowest BCUT2D eigenvalue weighted by atomic mass is 9.94. The molecule has 0 unspecified atom stereocenters. The standard InChI is InChI=1S/C28H35Cl2N3O6/c1-27(2,3)39-24(35)11-13-28(26(36)33-31-14-12-19-5-8-21(29)17-23(19)30)18-38-25(32-28)20-6-9-22(10-7-20)37-16-4-15-34/h5-10,17,31,34H,4,11-16,18H2,1-3H3,(H,33,36)/t28-/m0/s1. The maximum absolute atomic E-state index is 13.4. The van der Waals surface area contributed by atoms with E-state index in [2.05, 4.69) is 15.8 Å². The maximum Gasteiger partial charge on any atom is 0.306 e. The van der Waals surface area contributed by atoms with Crippen molar-refractivity contribution < 1.29 is 28.9 Å². The number of carbonyl (C=O) groups is 2. The summed E-state index contributed by atoms with van der Waals surface area (Å²) in [6.45, 7) is 6.20. The third-order valence-corrected chi connectivity index (χ3v) is 6.34. The number of esters is 1. The van der Waals surface area contributed by atoms with Crippen molar-refractivity contribution in [2.24, 2.45) is 4.99 Å². The highest BCUT2D eigenvalue weighted by Crippen LogP contribution is 2.29. The highest BCUT2D eigenvalue weighted by atomic mass is 35.5. The Morgan fingerprint density at radius 1 is 1.15 bits per heavy atom. The minimum Gasteiger partial charge on any atom is -0.494 e. The van der Waals surface area contributed by atoms with Crippen LogP contribution >= 0.6 is 23.2 Å². The zero-order valence-electron chi connectivity index (χ0n) is 22.4. The van der Waals surface area contributed by atoms with Crippen molar-refractivity contribution >= 4 is 41.0 Å². The molecule has 0 saturated heterocycles. The van der Waals surface area contributed by atoms with Crippen molar-refractivity contribution in [1.82, 2.24) is 10.9 Å². The van der Waals surface area contributed by atoms with E-state index in [1.165, 1.54) is 0 Å². The average Bonchev–Trinajstić information content (AvgIpc) is 3.32. The molecule has 1 atom stereocenters. The van der Waals surface area contributed by atoms with Gasteiger partial charge in [-0.15, -0.1) is 0 Å². The first-order chi connectivity index (χ1) is 18.5. The first-order valence-electron chi connectivity index (χ1n) is 12.8. The molecule has 0 aromatic heterocycles. The summed E-state index contributed by atoms with van der Waals surface area (Å²) in [5, 5.41) is 10.0. The van der Waals surface area contributed by atoms with Crippen molar-refractivity contribution in [2.75, 3.05) is 26.4 Å². The number of halogens is 2. The molecule has 0 saturated carbocycles. The van der Waals surface area contributed by atoms with E-state index in [0.29, 0.717) is 53.2 Å². The highest BCUT2D eigenvalue weighted by Gasteiger charge is 2.45. The Morgan fingerprint density at radius 3 is 2.56 bits per heavy atom. The first kappa shape index (κ1) is 30.7. The molecule has 3 rings (SSSR count). The number of nitrogens with zero attached hydrogens (tertiary/aromatic N) is 1. The quantitative estimate of drug-likeness (QED) is 0.184. The molecule has 1 heterocycles. The molecule has 0 aliphatic carbocycles. The zero-order valence-corrected chi connectivity index (χ0v) is 23.9. The van der Waals surface area contributed by atoms with Gasteiger partial charge in [0.05, 0.1) is 6.61 Å². The third kappa shape index (κ3) is 9.39. The van der Waals surface area contributed by atoms with Crippen molar-refractivity contribution in [3.63, 3.8) is 0 Å². The Morgan fingerprint density at radius 2 is 1.90 bits per heavy atom. The van der Waals surface area contributed by atoms with Crippen LogP contribution in [0.4, 0.5) is 0 Å². The van der Waals surface area contributed by atoms with Crippen LogP contribution in [0.1, 0.15) is 51.2 Å². The molecule has 2 aromatic rings. The second-order valence-corrected chi connectivity index (χ2v) is 11.0. The number of rotatable bonds is 13. The van der Waals surface area contributed by atoms with Gasteiger partial charge in [-0.2, -0.15) is 0 Å². The van der Waals surface area contributed by atoms with Gasteiger partial charge < -0.3 is 19.3 Å². The number of aliphatic hydroxyl groups excluding tert-OH is 1. The Bertz CT molecular complexity index is 1170. The summed E-state index contributed by atoms with van der Waals surface area (Å²) in [6.07, 6.45) is 1.18. The van der Waals surface area contributed by atoms with Crippen LogP contribution in [-0.2, 0) is 25.5 Å². The number of aliphatic imine (C=N–C) groups is 1. The van der Waals surface area contributed by atoms with Gasteiger partial charge in [-0.3, -0.25) is 15.0 Å². The van der Waals surface area contributed by atoms with E-state index < -0.39 is 23.0 Å². The first-order valence-corrected chi connectivity index (χ1v) is 13.5. The van der Waals surface area contributed by atoms with Gasteiger partial charge in [0.2, 0.25) is 5.90 Å². The molecular formula is C28H35Cl2N3O6. The predicted octanol–water partition coefficient (Wildman–Crippen LogP) is 4.26. The number of nitrogens with one attached hydrogen (secondary N) is 2. The van der Waals surface area contributed by atoms with Gasteiger partial charge in [0.1, 0.15) is 18.0 Å². The highest BCUT2D eigenvalue weighted by molar-refractivity contribution is 6.35. The van der Waals surface area contributed by atoms with E-state index in [1.54, 1.807) is 57.2 Å². The van der Waals surface area contributed by atoms with Crippen LogP contribution in [0, 0.1) is 0 Å². The van der Waals surface area contributed by atoms with E-state index in [1.807, 2.05) is 6.07 Å². The van der Waals surface area contributed by atoms with Gasteiger partial charge >= 0.3 is 5.97 Å². The van der Waals surface area contributed by atoms with Crippen LogP contribution in [0.3, 0.4) is 0 Å². The van der Waals surface area contributed by atoms with Crippen LogP contribution in [0.5, 0.6) is 5.75 Å². The molecule has 0 spiro atoms. The van der Waals surface area contributed by atoms with Crippen LogP contribution < -0.4 is 15.6 Å². The molecule has 9 nitrogen and oxygen atoms in total. The van der Waals surface area contributed by atoms with Gasteiger partial charge in [0.25, 0.3) is 5.91 Å². The van der Waals surface area contributed by atoms with E-state index in [9.17, 15) is 9.59 Å². The lowest BCUT2D eigenvalue weighted by Crippen LogP contribution is -2.52. The average molecular weight is 581 g/mol. The van der Waals surface area contributed by atoms with Gasteiger partial charge in [0, 0.05) is 41.6 Å². The summed E-state index contributed by atoms with van der Waals surface area (Å²) in [5.74, 6) is 0.0918. The summed E-state index contributed by atoms with van der Waals surface area (Å²) in [7, 11) is 0. The molecule has 1 amide bonds. The Kier molecular flexibility index (Phi) is 11.0. The van der Waals surface area contributed by atoms with Gasteiger partial charge in [-0.25, -0.2) is 10.4 Å². The number of carbonyl (C=O) groups excluding carboxylic acids is 2. The molecule has 3 N–H and O–H groups in total. The van der Waals surface area contributed by atoms with Crippen molar-refractivity contribution in [2.45, 2.75) is 57.6 Å². The molecule has 39 heavy (non-hydrogen) atoms. The molecule has 2 aromatic carbocycles.